The fourth-order valence-electron chi connectivity index (χ4n) is 2.01. The van der Waals surface area contributed by atoms with Crippen LogP contribution >= 0.6 is 0 Å². The summed E-state index contributed by atoms with van der Waals surface area (Å²) in [4.78, 5) is 15.5. The first-order valence-corrected chi connectivity index (χ1v) is 6.33. The Morgan fingerprint density at radius 1 is 1.17 bits per heavy atom. The van der Waals surface area contributed by atoms with Crippen LogP contribution < -0.4 is 5.43 Å². The van der Waals surface area contributed by atoms with E-state index in [9.17, 15) is 22.4 Å². The van der Waals surface area contributed by atoms with Crippen molar-refractivity contribution in [2.45, 2.75) is 6.18 Å². The molecule has 1 amide bonds. The van der Waals surface area contributed by atoms with Crippen molar-refractivity contribution >= 4 is 16.9 Å². The lowest BCUT2D eigenvalue weighted by atomic mass is 10.1. The lowest BCUT2D eigenvalue weighted by Crippen LogP contribution is -2.35. The molecule has 2 heterocycles. The molecule has 0 bridgehead atoms. The number of hydrogen-bond donors (Lipinski definition) is 1. The first kappa shape index (κ1) is 14.9. The lowest BCUT2D eigenvalue weighted by Gasteiger charge is -2.08. The van der Waals surface area contributed by atoms with Crippen LogP contribution in [-0.4, -0.2) is 27.0 Å². The summed E-state index contributed by atoms with van der Waals surface area (Å²) >= 11 is 0. The van der Waals surface area contributed by atoms with Gasteiger partial charge < -0.3 is 0 Å². The highest BCUT2D eigenvalue weighted by molar-refractivity contribution is 5.90. The van der Waals surface area contributed by atoms with Gasteiger partial charge in [-0.05, 0) is 12.1 Å². The Labute approximate surface area is 126 Å². The van der Waals surface area contributed by atoms with Crippen molar-refractivity contribution in [3.63, 3.8) is 0 Å². The third-order valence-corrected chi connectivity index (χ3v) is 3.06. The Kier molecular flexibility index (Phi) is 3.47. The number of halogens is 4. The van der Waals surface area contributed by atoms with Gasteiger partial charge in [0.1, 0.15) is 5.82 Å². The summed E-state index contributed by atoms with van der Waals surface area (Å²) in [5.74, 6) is -2.62. The van der Waals surface area contributed by atoms with Crippen LogP contribution in [0.2, 0.25) is 0 Å². The number of aromatic nitrogens is 3. The summed E-state index contributed by atoms with van der Waals surface area (Å²) in [5.41, 5.74) is 2.34. The van der Waals surface area contributed by atoms with Gasteiger partial charge in [-0.15, -0.1) is 0 Å². The van der Waals surface area contributed by atoms with Crippen molar-refractivity contribution in [1.29, 1.82) is 0 Å². The number of fused-ring (bicyclic) bond motifs is 1. The second kappa shape index (κ2) is 5.34. The van der Waals surface area contributed by atoms with E-state index >= 15 is 0 Å². The standard InChI is InChI=1S/C14H8F4N4O/c15-11-4-2-1-3-10(11)8-5-9-7-20-22(12(9)19-6-8)21-13(23)14(16,17)18/h1-7H,(H,21,23). The van der Waals surface area contributed by atoms with E-state index in [2.05, 4.69) is 10.1 Å². The molecule has 0 radical (unpaired) electrons. The zero-order valence-electron chi connectivity index (χ0n) is 11.3. The van der Waals surface area contributed by atoms with E-state index in [0.717, 1.165) is 0 Å². The van der Waals surface area contributed by atoms with Gasteiger partial charge >= 0.3 is 12.1 Å². The molecule has 9 heteroatoms. The molecule has 23 heavy (non-hydrogen) atoms. The summed E-state index contributed by atoms with van der Waals surface area (Å²) in [7, 11) is 0. The van der Waals surface area contributed by atoms with Crippen LogP contribution in [-0.2, 0) is 4.79 Å². The van der Waals surface area contributed by atoms with Crippen LogP contribution in [0.15, 0.2) is 42.7 Å². The third kappa shape index (κ3) is 2.85. The summed E-state index contributed by atoms with van der Waals surface area (Å²) in [5, 5.41) is 3.99. The number of amides is 1. The molecule has 0 fully saturated rings. The van der Waals surface area contributed by atoms with Crippen molar-refractivity contribution in [2.24, 2.45) is 0 Å². The smallest absolute Gasteiger partial charge is 0.263 e. The van der Waals surface area contributed by atoms with E-state index in [4.69, 9.17) is 0 Å². The number of hydrogen-bond acceptors (Lipinski definition) is 3. The molecule has 0 spiro atoms. The second-order valence-electron chi connectivity index (χ2n) is 4.61. The molecule has 0 saturated heterocycles. The number of carbonyl (C=O) groups is 1. The minimum absolute atomic E-state index is 0.0164. The number of pyridine rings is 1. The highest BCUT2D eigenvalue weighted by atomic mass is 19.4. The Balaban J connectivity index is 1.98. The van der Waals surface area contributed by atoms with Crippen LogP contribution in [0.3, 0.4) is 0 Å². The SMILES string of the molecule is O=C(Nn1ncc2cc(-c3ccccc3F)cnc21)C(F)(F)F. The fraction of sp³-hybridized carbons (Fsp3) is 0.0714. The van der Waals surface area contributed by atoms with Gasteiger partial charge in [-0.1, -0.05) is 18.2 Å². The minimum Gasteiger partial charge on any atom is -0.263 e. The fourth-order valence-corrected chi connectivity index (χ4v) is 2.01. The van der Waals surface area contributed by atoms with Gasteiger partial charge in [0.15, 0.2) is 5.65 Å². The third-order valence-electron chi connectivity index (χ3n) is 3.06. The van der Waals surface area contributed by atoms with Gasteiger partial charge in [0.25, 0.3) is 0 Å². The highest BCUT2D eigenvalue weighted by Crippen LogP contribution is 2.25. The summed E-state index contributed by atoms with van der Waals surface area (Å²) in [6.45, 7) is 0. The maximum absolute atomic E-state index is 13.8. The molecule has 5 nitrogen and oxygen atoms in total. The maximum atomic E-state index is 13.8. The van der Waals surface area contributed by atoms with E-state index in [1.165, 1.54) is 30.6 Å². The second-order valence-corrected chi connectivity index (χ2v) is 4.61. The highest BCUT2D eigenvalue weighted by Gasteiger charge is 2.39. The Hall–Kier alpha value is -2.97. The van der Waals surface area contributed by atoms with Crippen LogP contribution in [0.5, 0.6) is 0 Å². The number of nitrogens with one attached hydrogen (secondary N) is 1. The van der Waals surface area contributed by atoms with Crippen molar-refractivity contribution in [2.75, 3.05) is 5.43 Å². The normalized spacial score (nSPS) is 11.7. The molecule has 0 atom stereocenters. The van der Waals surface area contributed by atoms with Gasteiger partial charge in [-0.2, -0.15) is 23.1 Å². The Morgan fingerprint density at radius 3 is 2.61 bits per heavy atom. The molecule has 1 N–H and O–H groups in total. The molecule has 0 aliphatic carbocycles. The molecule has 3 aromatic rings. The van der Waals surface area contributed by atoms with Crippen molar-refractivity contribution in [3.05, 3.63) is 48.5 Å². The lowest BCUT2D eigenvalue weighted by molar-refractivity contribution is -0.168. The van der Waals surface area contributed by atoms with Crippen LogP contribution in [0.4, 0.5) is 17.6 Å². The van der Waals surface area contributed by atoms with E-state index in [1.807, 2.05) is 0 Å². The predicted molar refractivity (Wildman–Crippen MR) is 73.3 cm³/mol. The number of alkyl halides is 3. The molecule has 0 unspecified atom stereocenters. The topological polar surface area (TPSA) is 59.8 Å². The number of rotatable bonds is 2. The van der Waals surface area contributed by atoms with Crippen molar-refractivity contribution in [3.8, 4) is 11.1 Å². The number of carbonyl (C=O) groups excluding carboxylic acids is 1. The van der Waals surface area contributed by atoms with Crippen LogP contribution in [0.25, 0.3) is 22.2 Å². The van der Waals surface area contributed by atoms with Gasteiger partial charge in [0.05, 0.1) is 6.20 Å². The van der Waals surface area contributed by atoms with Gasteiger partial charge in [0.2, 0.25) is 0 Å². The average molecular weight is 324 g/mol. The molecular formula is C14H8F4N4O. The van der Waals surface area contributed by atoms with E-state index in [0.29, 0.717) is 21.3 Å². The Morgan fingerprint density at radius 2 is 1.91 bits per heavy atom. The molecule has 0 saturated carbocycles. The van der Waals surface area contributed by atoms with E-state index in [1.54, 1.807) is 17.6 Å². The minimum atomic E-state index is -5.04. The summed E-state index contributed by atoms with van der Waals surface area (Å²) in [6.07, 6.45) is -2.52. The zero-order chi connectivity index (χ0) is 16.6. The van der Waals surface area contributed by atoms with Crippen LogP contribution in [0.1, 0.15) is 0 Å². The first-order valence-electron chi connectivity index (χ1n) is 6.33. The van der Waals surface area contributed by atoms with Gasteiger partial charge in [-0.25, -0.2) is 14.8 Å². The van der Waals surface area contributed by atoms with Crippen molar-refractivity contribution < 1.29 is 22.4 Å². The summed E-state index contributed by atoms with van der Waals surface area (Å²) in [6, 6.07) is 7.54. The van der Waals surface area contributed by atoms with E-state index < -0.39 is 17.9 Å². The molecule has 0 aliphatic rings. The van der Waals surface area contributed by atoms with E-state index in [-0.39, 0.29) is 5.65 Å². The molecule has 2 aromatic heterocycles. The van der Waals surface area contributed by atoms with Gasteiger partial charge in [0, 0.05) is 22.7 Å². The number of benzene rings is 1. The number of nitrogens with zero attached hydrogens (tertiary/aromatic N) is 3. The van der Waals surface area contributed by atoms with Gasteiger partial charge in [-0.3, -0.25) is 4.79 Å². The molecule has 118 valence electrons. The monoisotopic (exact) mass is 324 g/mol. The average Bonchev–Trinajstić information content (AvgIpc) is 2.89. The molecule has 0 aliphatic heterocycles. The molecular weight excluding hydrogens is 316 g/mol. The zero-order valence-corrected chi connectivity index (χ0v) is 11.3. The first-order chi connectivity index (χ1) is 10.9. The Bertz CT molecular complexity index is 888. The largest absolute Gasteiger partial charge is 0.473 e. The maximum Gasteiger partial charge on any atom is 0.473 e. The summed E-state index contributed by atoms with van der Waals surface area (Å²) < 4.78 is 50.5. The molecule has 3 rings (SSSR count). The van der Waals surface area contributed by atoms with Crippen LogP contribution in [0, 0.1) is 5.82 Å². The quantitative estimate of drug-likeness (QED) is 0.738. The predicted octanol–water partition coefficient (Wildman–Crippen LogP) is 2.87. The molecule has 1 aromatic carbocycles. The van der Waals surface area contributed by atoms with Crippen molar-refractivity contribution in [1.82, 2.24) is 14.9 Å².